The minimum atomic E-state index is -4.88. The first kappa shape index (κ1) is 12.0. The maximum atomic E-state index is 11.5. The lowest BCUT2D eigenvalue weighted by atomic mass is 10.2. The van der Waals surface area contributed by atoms with Gasteiger partial charge in [0.05, 0.1) is 6.61 Å². The quantitative estimate of drug-likeness (QED) is 0.383. The van der Waals surface area contributed by atoms with E-state index in [0.29, 0.717) is 19.3 Å². The molecule has 5 heteroatoms. The summed E-state index contributed by atoms with van der Waals surface area (Å²) in [4.78, 5) is 10.1. The average molecular weight is 196 g/mol. The normalized spacial score (nSPS) is 11.0. The zero-order chi connectivity index (χ0) is 10.3. The Kier molecular flexibility index (Phi) is 5.18. The molecule has 0 aliphatic carbocycles. The van der Waals surface area contributed by atoms with Crippen LogP contribution >= 0.6 is 0 Å². The van der Waals surface area contributed by atoms with Gasteiger partial charge >= 0.3 is 12.1 Å². The number of allylic oxidation sites excluding steroid dienone is 1. The fourth-order valence-electron chi connectivity index (χ4n) is 0.637. The molecule has 0 aliphatic heterocycles. The third kappa shape index (κ3) is 6.19. The second kappa shape index (κ2) is 5.61. The molecular formula is C8H11F3O2. The van der Waals surface area contributed by atoms with Crippen LogP contribution in [0.3, 0.4) is 0 Å². The van der Waals surface area contributed by atoms with Gasteiger partial charge in [-0.1, -0.05) is 6.08 Å². The van der Waals surface area contributed by atoms with E-state index < -0.39 is 12.1 Å². The molecule has 0 rings (SSSR count). The Morgan fingerprint density at radius 1 is 1.38 bits per heavy atom. The largest absolute Gasteiger partial charge is 0.490 e. The number of alkyl halides is 3. The summed E-state index contributed by atoms with van der Waals surface area (Å²) in [7, 11) is 0. The van der Waals surface area contributed by atoms with Crippen molar-refractivity contribution in [3.8, 4) is 0 Å². The van der Waals surface area contributed by atoms with E-state index in [9.17, 15) is 18.0 Å². The molecule has 0 spiro atoms. The van der Waals surface area contributed by atoms with Crippen LogP contribution in [0, 0.1) is 0 Å². The maximum Gasteiger partial charge on any atom is 0.490 e. The number of esters is 1. The van der Waals surface area contributed by atoms with Crippen LogP contribution in [-0.2, 0) is 9.53 Å². The second-order valence-corrected chi connectivity index (χ2v) is 2.42. The Balaban J connectivity index is 3.43. The monoisotopic (exact) mass is 196 g/mol. The number of carbonyl (C=O) groups is 1. The molecule has 0 aromatic heterocycles. The third-order valence-electron chi connectivity index (χ3n) is 1.27. The first-order valence-electron chi connectivity index (χ1n) is 3.83. The van der Waals surface area contributed by atoms with Gasteiger partial charge in [-0.3, -0.25) is 0 Å². The molecule has 0 saturated heterocycles. The molecule has 13 heavy (non-hydrogen) atoms. The van der Waals surface area contributed by atoms with E-state index in [4.69, 9.17) is 0 Å². The minimum Gasteiger partial charge on any atom is -0.459 e. The highest BCUT2D eigenvalue weighted by molar-refractivity contribution is 5.75. The van der Waals surface area contributed by atoms with Crippen molar-refractivity contribution in [3.05, 3.63) is 12.7 Å². The van der Waals surface area contributed by atoms with E-state index in [-0.39, 0.29) is 6.61 Å². The molecule has 0 amide bonds. The summed E-state index contributed by atoms with van der Waals surface area (Å²) < 4.78 is 38.6. The zero-order valence-electron chi connectivity index (χ0n) is 7.06. The van der Waals surface area contributed by atoms with Crippen molar-refractivity contribution in [2.24, 2.45) is 0 Å². The molecule has 0 aliphatic rings. The summed E-state index contributed by atoms with van der Waals surface area (Å²) in [5.41, 5.74) is 0. The first-order chi connectivity index (χ1) is 5.98. The number of carbonyl (C=O) groups excluding carboxylic acids is 1. The van der Waals surface area contributed by atoms with Crippen molar-refractivity contribution in [2.75, 3.05) is 6.61 Å². The Morgan fingerprint density at radius 2 is 2.00 bits per heavy atom. The Labute approximate surface area is 74.4 Å². The van der Waals surface area contributed by atoms with Crippen LogP contribution in [0.1, 0.15) is 19.3 Å². The summed E-state index contributed by atoms with van der Waals surface area (Å²) in [6.07, 6.45) is -1.41. The van der Waals surface area contributed by atoms with Gasteiger partial charge in [-0.05, 0) is 19.3 Å². The summed E-state index contributed by atoms with van der Waals surface area (Å²) in [6.45, 7) is 3.26. The van der Waals surface area contributed by atoms with Crippen LogP contribution in [0.25, 0.3) is 0 Å². The minimum absolute atomic E-state index is 0.188. The van der Waals surface area contributed by atoms with E-state index >= 15 is 0 Å². The van der Waals surface area contributed by atoms with Gasteiger partial charge < -0.3 is 4.74 Å². The smallest absolute Gasteiger partial charge is 0.459 e. The van der Waals surface area contributed by atoms with Gasteiger partial charge in [-0.2, -0.15) is 13.2 Å². The van der Waals surface area contributed by atoms with Crippen LogP contribution in [0.5, 0.6) is 0 Å². The predicted molar refractivity (Wildman–Crippen MR) is 41.1 cm³/mol. The Bertz CT molecular complexity index is 175. The van der Waals surface area contributed by atoms with Crippen LogP contribution in [-0.4, -0.2) is 18.8 Å². The van der Waals surface area contributed by atoms with E-state index in [0.717, 1.165) is 0 Å². The van der Waals surface area contributed by atoms with Crippen LogP contribution < -0.4 is 0 Å². The van der Waals surface area contributed by atoms with E-state index in [1.165, 1.54) is 0 Å². The molecule has 0 unspecified atom stereocenters. The van der Waals surface area contributed by atoms with E-state index in [1.54, 1.807) is 6.08 Å². The number of hydrogen-bond acceptors (Lipinski definition) is 2. The predicted octanol–water partition coefficient (Wildman–Crippen LogP) is 2.45. The highest BCUT2D eigenvalue weighted by Gasteiger charge is 2.40. The van der Waals surface area contributed by atoms with Crippen molar-refractivity contribution in [3.63, 3.8) is 0 Å². The molecule has 0 atom stereocenters. The van der Waals surface area contributed by atoms with E-state index in [1.807, 2.05) is 0 Å². The lowest BCUT2D eigenvalue weighted by Gasteiger charge is -2.06. The summed E-state index contributed by atoms with van der Waals surface area (Å²) in [5.74, 6) is -2.12. The van der Waals surface area contributed by atoms with Crippen LogP contribution in [0.4, 0.5) is 13.2 Å². The highest BCUT2D eigenvalue weighted by atomic mass is 19.4. The van der Waals surface area contributed by atoms with Crippen molar-refractivity contribution < 1.29 is 22.7 Å². The second-order valence-electron chi connectivity index (χ2n) is 2.42. The van der Waals surface area contributed by atoms with Crippen molar-refractivity contribution in [1.29, 1.82) is 0 Å². The standard InChI is InChI=1S/C8H11F3O2/c1-2-3-4-5-6-13-7(12)8(9,10)11/h2H,1,3-6H2. The van der Waals surface area contributed by atoms with Gasteiger partial charge in [0.15, 0.2) is 0 Å². The van der Waals surface area contributed by atoms with Crippen LogP contribution in [0.2, 0.25) is 0 Å². The topological polar surface area (TPSA) is 26.3 Å². The molecular weight excluding hydrogens is 185 g/mol. The number of rotatable bonds is 5. The lowest BCUT2D eigenvalue weighted by molar-refractivity contribution is -0.199. The number of ether oxygens (including phenoxy) is 1. The number of unbranched alkanes of at least 4 members (excludes halogenated alkanes) is 2. The van der Waals surface area contributed by atoms with Gasteiger partial charge in [-0.15, -0.1) is 6.58 Å². The molecule has 0 radical (unpaired) electrons. The molecule has 76 valence electrons. The summed E-state index contributed by atoms with van der Waals surface area (Å²) >= 11 is 0. The van der Waals surface area contributed by atoms with Gasteiger partial charge in [0, 0.05) is 0 Å². The molecule has 2 nitrogen and oxygen atoms in total. The molecule has 0 heterocycles. The molecule has 0 aromatic rings. The number of halogens is 3. The summed E-state index contributed by atoms with van der Waals surface area (Å²) in [5, 5.41) is 0. The SMILES string of the molecule is C=CCCCCOC(=O)C(F)(F)F. The molecule has 0 fully saturated rings. The molecule has 0 bridgehead atoms. The zero-order valence-corrected chi connectivity index (χ0v) is 7.06. The maximum absolute atomic E-state index is 11.5. The van der Waals surface area contributed by atoms with E-state index in [2.05, 4.69) is 11.3 Å². The highest BCUT2D eigenvalue weighted by Crippen LogP contribution is 2.16. The average Bonchev–Trinajstić information content (AvgIpc) is 2.02. The van der Waals surface area contributed by atoms with Crippen molar-refractivity contribution in [2.45, 2.75) is 25.4 Å². The van der Waals surface area contributed by atoms with Gasteiger partial charge in [0.2, 0.25) is 0 Å². The van der Waals surface area contributed by atoms with Crippen molar-refractivity contribution in [1.82, 2.24) is 0 Å². The van der Waals surface area contributed by atoms with Gasteiger partial charge in [0.1, 0.15) is 0 Å². The molecule has 0 saturated carbocycles. The molecule has 0 N–H and O–H groups in total. The lowest BCUT2D eigenvalue weighted by Crippen LogP contribution is -2.25. The fourth-order valence-corrected chi connectivity index (χ4v) is 0.637. The molecule has 0 aromatic carbocycles. The fraction of sp³-hybridized carbons (Fsp3) is 0.625. The van der Waals surface area contributed by atoms with Gasteiger partial charge in [0.25, 0.3) is 0 Å². The van der Waals surface area contributed by atoms with Gasteiger partial charge in [-0.25, -0.2) is 4.79 Å². The van der Waals surface area contributed by atoms with Crippen molar-refractivity contribution >= 4 is 5.97 Å². The Morgan fingerprint density at radius 3 is 2.46 bits per heavy atom. The number of hydrogen-bond donors (Lipinski definition) is 0. The van der Waals surface area contributed by atoms with Crippen LogP contribution in [0.15, 0.2) is 12.7 Å². The summed E-state index contributed by atoms with van der Waals surface area (Å²) in [6, 6.07) is 0. The third-order valence-corrected chi connectivity index (χ3v) is 1.27. The Hall–Kier alpha value is -1.00. The first-order valence-corrected chi connectivity index (χ1v) is 3.83.